The predicted molar refractivity (Wildman–Crippen MR) is 348 cm³/mol. The molecule has 80 heavy (non-hydrogen) atoms. The van der Waals surface area contributed by atoms with Gasteiger partial charge in [-0.2, -0.15) is 0 Å². The van der Waals surface area contributed by atoms with Crippen LogP contribution < -0.4 is 0 Å². The van der Waals surface area contributed by atoms with Crippen LogP contribution in [0.25, 0.3) is 0 Å². The van der Waals surface area contributed by atoms with E-state index in [2.05, 4.69) is 106 Å². The van der Waals surface area contributed by atoms with E-state index in [1.54, 1.807) is 0 Å². The highest BCUT2D eigenvalue weighted by atomic mass is 16.6. The Morgan fingerprint density at radius 3 is 0.762 bits per heavy atom. The Morgan fingerprint density at radius 1 is 0.263 bits per heavy atom. The molecular formula is C74H130O6. The number of rotatable bonds is 63. The van der Waals surface area contributed by atoms with Crippen molar-refractivity contribution in [2.45, 2.75) is 354 Å². The summed E-state index contributed by atoms with van der Waals surface area (Å²) in [4.78, 5) is 38.2. The fraction of sp³-hybridized carbons (Fsp3) is 0.770. The van der Waals surface area contributed by atoms with Gasteiger partial charge in [-0.05, 0) is 77.0 Å². The minimum Gasteiger partial charge on any atom is -0.462 e. The van der Waals surface area contributed by atoms with Gasteiger partial charge in [-0.3, -0.25) is 14.4 Å². The minimum atomic E-state index is -0.792. The van der Waals surface area contributed by atoms with Crippen molar-refractivity contribution in [2.75, 3.05) is 13.2 Å². The Balaban J connectivity index is 4.20. The molecule has 0 radical (unpaired) electrons. The summed E-state index contributed by atoms with van der Waals surface area (Å²) in [6, 6.07) is 0. The third-order valence-corrected chi connectivity index (χ3v) is 15.2. The lowest BCUT2D eigenvalue weighted by Gasteiger charge is -2.18. The van der Waals surface area contributed by atoms with Gasteiger partial charge in [0, 0.05) is 19.3 Å². The molecule has 0 aliphatic heterocycles. The second-order valence-electron chi connectivity index (χ2n) is 23.1. The molecule has 0 bridgehead atoms. The highest BCUT2D eigenvalue weighted by Gasteiger charge is 2.19. The van der Waals surface area contributed by atoms with E-state index in [1.165, 1.54) is 199 Å². The van der Waals surface area contributed by atoms with Crippen molar-refractivity contribution in [1.29, 1.82) is 0 Å². The molecule has 0 heterocycles. The molecule has 0 amide bonds. The number of ether oxygens (including phenoxy) is 3. The molecule has 6 nitrogen and oxygen atoms in total. The average molecular weight is 1120 g/mol. The second kappa shape index (κ2) is 68.1. The van der Waals surface area contributed by atoms with Crippen molar-refractivity contribution in [3.05, 3.63) is 85.1 Å². The lowest BCUT2D eigenvalue weighted by molar-refractivity contribution is -0.167. The zero-order valence-electron chi connectivity index (χ0n) is 53.1. The molecule has 462 valence electrons. The quantitative estimate of drug-likeness (QED) is 0.0261. The van der Waals surface area contributed by atoms with Crippen molar-refractivity contribution in [3.8, 4) is 0 Å². The first-order valence-electron chi connectivity index (χ1n) is 34.6. The topological polar surface area (TPSA) is 78.9 Å². The van der Waals surface area contributed by atoms with Gasteiger partial charge in [0.2, 0.25) is 0 Å². The Kier molecular flexibility index (Phi) is 65.2. The Bertz CT molecular complexity index is 1520. The van der Waals surface area contributed by atoms with Crippen LogP contribution in [-0.4, -0.2) is 37.2 Å². The van der Waals surface area contributed by atoms with Gasteiger partial charge in [-0.25, -0.2) is 0 Å². The molecule has 0 rings (SSSR count). The zero-order valence-corrected chi connectivity index (χ0v) is 53.1. The predicted octanol–water partition coefficient (Wildman–Crippen LogP) is 23.8. The molecule has 0 aromatic heterocycles. The number of hydrogen-bond acceptors (Lipinski definition) is 6. The van der Waals surface area contributed by atoms with Crippen LogP contribution in [0.4, 0.5) is 0 Å². The lowest BCUT2D eigenvalue weighted by Crippen LogP contribution is -2.30. The summed E-state index contributed by atoms with van der Waals surface area (Å²) in [5, 5.41) is 0. The summed E-state index contributed by atoms with van der Waals surface area (Å²) in [5.41, 5.74) is 0. The van der Waals surface area contributed by atoms with Crippen LogP contribution in [0.15, 0.2) is 85.1 Å². The molecule has 1 atom stereocenters. The maximum Gasteiger partial charge on any atom is 0.306 e. The van der Waals surface area contributed by atoms with Crippen LogP contribution in [0.3, 0.4) is 0 Å². The molecule has 0 saturated carbocycles. The molecule has 0 aromatic rings. The van der Waals surface area contributed by atoms with Gasteiger partial charge in [-0.15, -0.1) is 0 Å². The van der Waals surface area contributed by atoms with E-state index < -0.39 is 6.10 Å². The largest absolute Gasteiger partial charge is 0.462 e. The minimum absolute atomic E-state index is 0.0863. The van der Waals surface area contributed by atoms with Gasteiger partial charge < -0.3 is 14.2 Å². The molecule has 0 aliphatic rings. The number of allylic oxidation sites excluding steroid dienone is 14. The van der Waals surface area contributed by atoms with Crippen molar-refractivity contribution < 1.29 is 28.6 Å². The van der Waals surface area contributed by atoms with E-state index in [0.29, 0.717) is 19.3 Å². The summed E-state index contributed by atoms with van der Waals surface area (Å²) in [5.74, 6) is -0.907. The third kappa shape index (κ3) is 65.4. The fourth-order valence-corrected chi connectivity index (χ4v) is 10.0. The van der Waals surface area contributed by atoms with Crippen molar-refractivity contribution in [3.63, 3.8) is 0 Å². The van der Waals surface area contributed by atoms with Crippen molar-refractivity contribution >= 4 is 17.9 Å². The third-order valence-electron chi connectivity index (χ3n) is 15.2. The molecule has 0 N–H and O–H groups in total. The lowest BCUT2D eigenvalue weighted by atomic mass is 10.0. The first kappa shape index (κ1) is 76.6. The summed E-state index contributed by atoms with van der Waals surface area (Å²) < 4.78 is 16.9. The number of hydrogen-bond donors (Lipinski definition) is 0. The second-order valence-corrected chi connectivity index (χ2v) is 23.1. The van der Waals surface area contributed by atoms with Gasteiger partial charge >= 0.3 is 17.9 Å². The molecule has 0 saturated heterocycles. The Labute approximate surface area is 496 Å². The Morgan fingerprint density at radius 2 is 0.487 bits per heavy atom. The molecule has 6 heteroatoms. The first-order valence-corrected chi connectivity index (χ1v) is 34.6. The van der Waals surface area contributed by atoms with Crippen LogP contribution in [0.1, 0.15) is 348 Å². The molecule has 0 aliphatic carbocycles. The molecule has 0 fully saturated rings. The van der Waals surface area contributed by atoms with Gasteiger partial charge in [0.1, 0.15) is 13.2 Å². The van der Waals surface area contributed by atoms with Crippen LogP contribution in [0.2, 0.25) is 0 Å². The molecule has 0 aromatic carbocycles. The maximum atomic E-state index is 12.9. The number of unbranched alkanes of at least 4 members (excludes halogenated alkanes) is 38. The van der Waals surface area contributed by atoms with Gasteiger partial charge in [0.15, 0.2) is 6.10 Å². The average Bonchev–Trinajstić information content (AvgIpc) is 3.46. The summed E-state index contributed by atoms with van der Waals surface area (Å²) in [6.07, 6.45) is 90.6. The van der Waals surface area contributed by atoms with Crippen LogP contribution in [0.5, 0.6) is 0 Å². The monoisotopic (exact) mass is 1110 g/mol. The maximum absolute atomic E-state index is 12.9. The van der Waals surface area contributed by atoms with E-state index in [9.17, 15) is 14.4 Å². The van der Waals surface area contributed by atoms with Crippen molar-refractivity contribution in [1.82, 2.24) is 0 Å². The van der Waals surface area contributed by atoms with Crippen molar-refractivity contribution in [2.24, 2.45) is 0 Å². The highest BCUT2D eigenvalue weighted by molar-refractivity contribution is 5.71. The van der Waals surface area contributed by atoms with E-state index in [0.717, 1.165) is 109 Å². The van der Waals surface area contributed by atoms with Gasteiger partial charge in [0.05, 0.1) is 0 Å². The van der Waals surface area contributed by atoms with E-state index >= 15 is 0 Å². The normalized spacial score (nSPS) is 12.6. The van der Waals surface area contributed by atoms with E-state index in [1.807, 2.05) is 0 Å². The zero-order chi connectivity index (χ0) is 57.8. The number of carbonyl (C=O) groups is 3. The standard InChI is InChI=1S/C74H130O6/c1-4-7-10-13-16-19-21-23-25-27-29-31-33-35-36-37-39-40-42-44-46-48-50-52-55-58-61-64-67-73(76)79-70-71(69-78-72(75)66-63-60-57-54-18-15-12-9-6-3)80-74(77)68-65-62-59-56-53-51-49-47-45-43-41-38-34-32-30-28-26-24-22-20-17-14-11-8-5-2/h8,11,17,20,24,26,30,32,38,41,45,47,51,53,71H,4-7,9-10,12-16,18-19,21-23,25,27-29,31,33-37,39-40,42-44,46,48-50,52,54-70H2,1-3H3/b11-8-,20-17-,26-24-,32-30-,41-38-,47-45-,53-51-. The Hall–Kier alpha value is -3.41. The van der Waals surface area contributed by atoms with Crippen LogP contribution >= 0.6 is 0 Å². The number of carbonyl (C=O) groups excluding carboxylic acids is 3. The van der Waals surface area contributed by atoms with Crippen LogP contribution in [0, 0.1) is 0 Å². The van der Waals surface area contributed by atoms with Crippen LogP contribution in [-0.2, 0) is 28.6 Å². The molecule has 0 spiro atoms. The SMILES string of the molecule is CC/C=C\C/C=C\C/C=C\C/C=C\C/C=C\C/C=C\C/C=C\CCCCCC(=O)OC(COC(=O)CCCCCCCCCCC)COC(=O)CCCCCCCCCCCCCCCCCCCCCCCCCCCCCC. The summed E-state index contributed by atoms with van der Waals surface area (Å²) in [7, 11) is 0. The summed E-state index contributed by atoms with van der Waals surface area (Å²) in [6.45, 7) is 6.52. The summed E-state index contributed by atoms with van der Waals surface area (Å²) >= 11 is 0. The highest BCUT2D eigenvalue weighted by Crippen LogP contribution is 2.18. The molecular weight excluding hydrogens is 985 g/mol. The number of esters is 3. The fourth-order valence-electron chi connectivity index (χ4n) is 10.0. The van der Waals surface area contributed by atoms with E-state index in [4.69, 9.17) is 14.2 Å². The molecule has 1 unspecified atom stereocenters. The van der Waals surface area contributed by atoms with Gasteiger partial charge in [0.25, 0.3) is 0 Å². The smallest absolute Gasteiger partial charge is 0.306 e. The first-order chi connectivity index (χ1) is 39.5. The van der Waals surface area contributed by atoms with Gasteiger partial charge in [-0.1, -0.05) is 337 Å². The van der Waals surface area contributed by atoms with E-state index in [-0.39, 0.29) is 31.1 Å².